The number of H-pyrrole nitrogens is 1. The molecule has 0 saturated carbocycles. The van der Waals surface area contributed by atoms with Crippen molar-refractivity contribution in [1.82, 2.24) is 10.3 Å². The summed E-state index contributed by atoms with van der Waals surface area (Å²) in [7, 11) is 3.25. The van der Waals surface area contributed by atoms with Crippen LogP contribution in [0.3, 0.4) is 0 Å². The third kappa shape index (κ3) is 3.83. The number of benzene rings is 2. The Bertz CT molecular complexity index is 870. The Hall–Kier alpha value is -2.79. The van der Waals surface area contributed by atoms with Crippen LogP contribution in [-0.4, -0.2) is 38.1 Å². The number of nitrogens with one attached hydrogen (secondary N) is 2. The zero-order valence-electron chi connectivity index (χ0n) is 14.5. The normalized spacial score (nSPS) is 10.8. The van der Waals surface area contributed by atoms with Crippen LogP contribution in [-0.2, 0) is 6.42 Å². The molecule has 0 aliphatic heterocycles. The van der Waals surface area contributed by atoms with Crippen molar-refractivity contribution in [2.45, 2.75) is 6.42 Å². The number of ether oxygens (including phenoxy) is 2. The number of carbonyl (C=O) groups is 1. The van der Waals surface area contributed by atoms with E-state index in [9.17, 15) is 4.79 Å². The van der Waals surface area contributed by atoms with Crippen LogP contribution >= 0.6 is 0 Å². The number of carbonyl (C=O) groups excluding carboxylic acids is 1. The van der Waals surface area contributed by atoms with Gasteiger partial charge in [0.15, 0.2) is 17.3 Å². The second kappa shape index (κ2) is 7.85. The molecule has 2 aromatic carbocycles. The fourth-order valence-corrected chi connectivity index (χ4v) is 2.87. The van der Waals surface area contributed by atoms with E-state index in [0.717, 1.165) is 34.2 Å². The summed E-state index contributed by atoms with van der Waals surface area (Å²) in [5, 5.41) is 4.18. The van der Waals surface area contributed by atoms with Gasteiger partial charge in [0, 0.05) is 22.7 Å². The van der Waals surface area contributed by atoms with E-state index in [1.165, 1.54) is 0 Å². The highest BCUT2D eigenvalue weighted by Gasteiger charge is 2.11. The third-order valence-electron chi connectivity index (χ3n) is 4.21. The smallest absolute Gasteiger partial charge is 0.178 e. The molecule has 5 nitrogen and oxygen atoms in total. The Balaban J connectivity index is 1.54. The number of Topliss-reactive ketones (excluding diaryl/α,β-unsaturated/α-hetero) is 1. The van der Waals surface area contributed by atoms with Crippen molar-refractivity contribution < 1.29 is 14.3 Å². The number of ketones is 1. The first-order valence-electron chi connectivity index (χ1n) is 8.24. The van der Waals surface area contributed by atoms with Crippen molar-refractivity contribution in [3.63, 3.8) is 0 Å². The van der Waals surface area contributed by atoms with Gasteiger partial charge in [-0.15, -0.1) is 0 Å². The van der Waals surface area contributed by atoms with Gasteiger partial charge < -0.3 is 19.8 Å². The predicted octanol–water partition coefficient (Wildman–Crippen LogP) is 3.20. The summed E-state index contributed by atoms with van der Waals surface area (Å²) in [4.78, 5) is 15.5. The lowest BCUT2D eigenvalue weighted by Gasteiger charge is -2.10. The first-order chi connectivity index (χ1) is 12.2. The maximum Gasteiger partial charge on any atom is 0.178 e. The van der Waals surface area contributed by atoms with Gasteiger partial charge in [0.05, 0.1) is 20.8 Å². The lowest BCUT2D eigenvalue weighted by molar-refractivity contribution is 0.0993. The minimum absolute atomic E-state index is 0.0877. The van der Waals surface area contributed by atoms with Gasteiger partial charge in [-0.25, -0.2) is 0 Å². The maximum absolute atomic E-state index is 12.4. The predicted molar refractivity (Wildman–Crippen MR) is 98.7 cm³/mol. The van der Waals surface area contributed by atoms with Gasteiger partial charge in [-0.1, -0.05) is 24.3 Å². The fourth-order valence-electron chi connectivity index (χ4n) is 2.87. The Morgan fingerprint density at radius 3 is 2.68 bits per heavy atom. The summed E-state index contributed by atoms with van der Waals surface area (Å²) in [6.45, 7) is 1.03. The van der Waals surface area contributed by atoms with E-state index in [-0.39, 0.29) is 5.78 Å². The average Bonchev–Trinajstić information content (AvgIpc) is 3.09. The number of hydrogen-bond donors (Lipinski definition) is 2. The summed E-state index contributed by atoms with van der Waals surface area (Å²) in [5.74, 6) is 1.52. The molecular formula is C20H22N2O3. The van der Waals surface area contributed by atoms with Gasteiger partial charge in [0.25, 0.3) is 0 Å². The summed E-state index contributed by atoms with van der Waals surface area (Å²) < 4.78 is 10.5. The lowest BCUT2D eigenvalue weighted by Crippen LogP contribution is -2.25. The number of methoxy groups -OCH3 is 2. The molecule has 25 heavy (non-hydrogen) atoms. The van der Waals surface area contributed by atoms with Crippen molar-refractivity contribution in [3.05, 3.63) is 59.8 Å². The van der Waals surface area contributed by atoms with Gasteiger partial charge in [-0.05, 0) is 36.7 Å². The molecule has 0 unspecified atom stereocenters. The standard InChI is InChI=1S/C20H22N2O3/c1-24-19-8-7-14(11-20(19)25-2)9-10-21-13-18(23)16-12-22-17-6-4-3-5-15(16)17/h3-8,11-12,21-22H,9-10,13H2,1-2H3. The SMILES string of the molecule is COc1ccc(CCNCC(=O)c2c[nH]c3ccccc23)cc1OC. The Kier molecular flexibility index (Phi) is 5.36. The molecule has 0 aliphatic carbocycles. The molecule has 5 heteroatoms. The quantitative estimate of drug-likeness (QED) is 0.489. The molecule has 0 radical (unpaired) electrons. The van der Waals surface area contributed by atoms with E-state index in [1.807, 2.05) is 42.5 Å². The van der Waals surface area contributed by atoms with E-state index in [1.54, 1.807) is 20.4 Å². The summed E-state index contributed by atoms with van der Waals surface area (Å²) in [6, 6.07) is 13.7. The van der Waals surface area contributed by atoms with Crippen LogP contribution in [0, 0.1) is 0 Å². The van der Waals surface area contributed by atoms with Crippen molar-refractivity contribution in [1.29, 1.82) is 0 Å². The minimum atomic E-state index is 0.0877. The number of aromatic amines is 1. The van der Waals surface area contributed by atoms with E-state index in [4.69, 9.17) is 9.47 Å². The summed E-state index contributed by atoms with van der Waals surface area (Å²) >= 11 is 0. The molecule has 0 bridgehead atoms. The molecule has 2 N–H and O–H groups in total. The van der Waals surface area contributed by atoms with Gasteiger partial charge in [-0.2, -0.15) is 0 Å². The Morgan fingerprint density at radius 2 is 1.88 bits per heavy atom. The second-order valence-corrected chi connectivity index (χ2v) is 5.79. The fraction of sp³-hybridized carbons (Fsp3) is 0.250. The molecule has 1 aromatic heterocycles. The zero-order valence-corrected chi connectivity index (χ0v) is 14.5. The van der Waals surface area contributed by atoms with E-state index < -0.39 is 0 Å². The molecule has 0 atom stereocenters. The Labute approximate surface area is 147 Å². The number of hydrogen-bond acceptors (Lipinski definition) is 4. The van der Waals surface area contributed by atoms with Crippen molar-refractivity contribution in [2.75, 3.05) is 27.3 Å². The summed E-state index contributed by atoms with van der Waals surface area (Å²) in [5.41, 5.74) is 2.84. The van der Waals surface area contributed by atoms with Gasteiger partial charge >= 0.3 is 0 Å². The van der Waals surface area contributed by atoms with Gasteiger partial charge in [-0.3, -0.25) is 4.79 Å². The average molecular weight is 338 g/mol. The first-order valence-corrected chi connectivity index (χ1v) is 8.24. The zero-order chi connectivity index (χ0) is 17.6. The number of para-hydroxylation sites is 1. The van der Waals surface area contributed by atoms with Gasteiger partial charge in [0.1, 0.15) is 0 Å². The second-order valence-electron chi connectivity index (χ2n) is 5.79. The highest BCUT2D eigenvalue weighted by atomic mass is 16.5. The van der Waals surface area contributed by atoms with E-state index in [0.29, 0.717) is 18.8 Å². The van der Waals surface area contributed by atoms with Crippen molar-refractivity contribution in [3.8, 4) is 11.5 Å². The van der Waals surface area contributed by atoms with Crippen LogP contribution in [0.1, 0.15) is 15.9 Å². The number of rotatable bonds is 8. The molecule has 0 spiro atoms. The topological polar surface area (TPSA) is 63.3 Å². The molecule has 0 fully saturated rings. The monoisotopic (exact) mass is 338 g/mol. The highest BCUT2D eigenvalue weighted by Crippen LogP contribution is 2.27. The van der Waals surface area contributed by atoms with E-state index in [2.05, 4.69) is 10.3 Å². The Morgan fingerprint density at radius 1 is 1.08 bits per heavy atom. The van der Waals surface area contributed by atoms with Crippen LogP contribution in [0.15, 0.2) is 48.7 Å². The number of fused-ring (bicyclic) bond motifs is 1. The molecular weight excluding hydrogens is 316 g/mol. The lowest BCUT2D eigenvalue weighted by atomic mass is 10.1. The molecule has 0 amide bonds. The van der Waals surface area contributed by atoms with Crippen LogP contribution in [0.4, 0.5) is 0 Å². The largest absolute Gasteiger partial charge is 0.493 e. The molecule has 130 valence electrons. The number of aromatic nitrogens is 1. The van der Waals surface area contributed by atoms with Gasteiger partial charge in [0.2, 0.25) is 0 Å². The highest BCUT2D eigenvalue weighted by molar-refractivity contribution is 6.08. The van der Waals surface area contributed by atoms with Crippen LogP contribution in [0.2, 0.25) is 0 Å². The minimum Gasteiger partial charge on any atom is -0.493 e. The maximum atomic E-state index is 12.4. The molecule has 1 heterocycles. The summed E-state index contributed by atoms with van der Waals surface area (Å²) in [6.07, 6.45) is 2.59. The van der Waals surface area contributed by atoms with Crippen molar-refractivity contribution in [2.24, 2.45) is 0 Å². The molecule has 0 aliphatic rings. The van der Waals surface area contributed by atoms with Crippen LogP contribution < -0.4 is 14.8 Å². The molecule has 0 saturated heterocycles. The van der Waals surface area contributed by atoms with Crippen LogP contribution in [0.25, 0.3) is 10.9 Å². The first kappa shape index (κ1) is 17.0. The van der Waals surface area contributed by atoms with Crippen molar-refractivity contribution >= 4 is 16.7 Å². The molecule has 3 aromatic rings. The molecule has 3 rings (SSSR count). The third-order valence-corrected chi connectivity index (χ3v) is 4.21. The van der Waals surface area contributed by atoms with E-state index >= 15 is 0 Å². The van der Waals surface area contributed by atoms with Crippen LogP contribution in [0.5, 0.6) is 11.5 Å².